The number of ether oxygens (including phenoxy) is 1. The van der Waals surface area contributed by atoms with Crippen molar-refractivity contribution in [3.8, 4) is 10.6 Å². The average molecular weight is 381 g/mol. The van der Waals surface area contributed by atoms with Gasteiger partial charge in [-0.1, -0.05) is 42.5 Å². The fourth-order valence-corrected chi connectivity index (χ4v) is 3.19. The maximum absolute atomic E-state index is 12.5. The number of hydrogen-bond donors (Lipinski definition) is 1. The summed E-state index contributed by atoms with van der Waals surface area (Å²) in [5.41, 5.74) is 1.96. The molecule has 1 aromatic carbocycles. The zero-order valence-corrected chi connectivity index (χ0v) is 15.4. The van der Waals surface area contributed by atoms with Crippen molar-refractivity contribution in [2.24, 2.45) is 0 Å². The molecule has 0 aliphatic rings. The van der Waals surface area contributed by atoms with Gasteiger partial charge in [0.1, 0.15) is 11.3 Å². The summed E-state index contributed by atoms with van der Waals surface area (Å²) in [5.74, 6) is -0.955. The second-order valence-electron chi connectivity index (χ2n) is 5.72. The molecule has 138 valence electrons. The Hall–Kier alpha value is -3.19. The number of carbonyl (C=O) groups is 2. The number of rotatable bonds is 8. The summed E-state index contributed by atoms with van der Waals surface area (Å²) in [6.07, 6.45) is 3.22. The van der Waals surface area contributed by atoms with E-state index in [-0.39, 0.29) is 12.5 Å². The van der Waals surface area contributed by atoms with Gasteiger partial charge in [0.25, 0.3) is 5.91 Å². The molecule has 6 nitrogen and oxygen atoms in total. The van der Waals surface area contributed by atoms with Gasteiger partial charge in [0.05, 0.1) is 11.4 Å². The van der Waals surface area contributed by atoms with E-state index in [0.717, 1.165) is 10.4 Å². The van der Waals surface area contributed by atoms with Crippen molar-refractivity contribution in [1.82, 2.24) is 15.1 Å². The number of amides is 1. The van der Waals surface area contributed by atoms with E-state index in [9.17, 15) is 9.59 Å². The normalized spacial score (nSPS) is 10.4. The Balaban J connectivity index is 1.79. The molecule has 0 fully saturated rings. The molecule has 3 rings (SSSR count). The third-order valence-corrected chi connectivity index (χ3v) is 4.58. The first kappa shape index (κ1) is 18.6. The molecule has 2 aromatic heterocycles. The van der Waals surface area contributed by atoms with E-state index >= 15 is 0 Å². The Kier molecular flexibility index (Phi) is 6.17. The lowest BCUT2D eigenvalue weighted by Crippen LogP contribution is -2.28. The first-order valence-corrected chi connectivity index (χ1v) is 9.25. The van der Waals surface area contributed by atoms with Crippen LogP contribution in [0.1, 0.15) is 15.9 Å². The molecular weight excluding hydrogens is 362 g/mol. The fourth-order valence-electron chi connectivity index (χ4n) is 2.46. The van der Waals surface area contributed by atoms with Gasteiger partial charge in [0, 0.05) is 12.7 Å². The third-order valence-electron chi connectivity index (χ3n) is 3.70. The van der Waals surface area contributed by atoms with Crippen LogP contribution in [0, 0.1) is 0 Å². The molecular formula is C20H19N3O3S. The van der Waals surface area contributed by atoms with E-state index in [1.807, 2.05) is 47.8 Å². The highest BCUT2D eigenvalue weighted by Gasteiger charge is 2.21. The summed E-state index contributed by atoms with van der Waals surface area (Å²) in [6.45, 7) is 4.03. The van der Waals surface area contributed by atoms with Crippen molar-refractivity contribution in [3.63, 3.8) is 0 Å². The summed E-state index contributed by atoms with van der Waals surface area (Å²) in [4.78, 5) is 25.0. The van der Waals surface area contributed by atoms with E-state index < -0.39 is 5.97 Å². The highest BCUT2D eigenvalue weighted by atomic mass is 32.1. The minimum atomic E-state index is -0.577. The van der Waals surface area contributed by atoms with Crippen molar-refractivity contribution in [1.29, 1.82) is 0 Å². The predicted octanol–water partition coefficient (Wildman–Crippen LogP) is 3.12. The van der Waals surface area contributed by atoms with E-state index in [4.69, 9.17) is 4.74 Å². The topological polar surface area (TPSA) is 73.2 Å². The number of thiophene rings is 1. The smallest absolute Gasteiger partial charge is 0.342 e. The monoisotopic (exact) mass is 381 g/mol. The molecule has 0 aliphatic carbocycles. The van der Waals surface area contributed by atoms with E-state index in [1.54, 1.807) is 17.0 Å². The van der Waals surface area contributed by atoms with Crippen LogP contribution in [0.25, 0.3) is 10.6 Å². The standard InChI is InChI=1S/C20H19N3O3S/c1-2-10-21-18(24)14-26-20(25)16-13-23(12-15-7-4-3-5-8-15)22-19(16)17-9-6-11-27-17/h2-9,11,13H,1,10,12,14H2,(H,21,24). The minimum Gasteiger partial charge on any atom is -0.452 e. The number of carbonyl (C=O) groups excluding carboxylic acids is 2. The highest BCUT2D eigenvalue weighted by Crippen LogP contribution is 2.27. The second-order valence-corrected chi connectivity index (χ2v) is 6.67. The second kappa shape index (κ2) is 8.95. The van der Waals surface area contributed by atoms with Crippen LogP contribution in [0.3, 0.4) is 0 Å². The summed E-state index contributed by atoms with van der Waals surface area (Å²) in [6, 6.07) is 13.6. The van der Waals surface area contributed by atoms with Gasteiger partial charge in [-0.05, 0) is 17.0 Å². The van der Waals surface area contributed by atoms with Crippen molar-refractivity contribution < 1.29 is 14.3 Å². The number of benzene rings is 1. The van der Waals surface area contributed by atoms with Gasteiger partial charge >= 0.3 is 5.97 Å². The molecule has 2 heterocycles. The maximum atomic E-state index is 12.5. The first-order valence-electron chi connectivity index (χ1n) is 8.37. The molecule has 0 saturated carbocycles. The number of esters is 1. The van der Waals surface area contributed by atoms with Crippen LogP contribution in [0.2, 0.25) is 0 Å². The molecule has 0 bridgehead atoms. The van der Waals surface area contributed by atoms with E-state index in [2.05, 4.69) is 17.0 Å². The Morgan fingerprint density at radius 3 is 2.74 bits per heavy atom. The Bertz CT molecular complexity index is 917. The van der Waals surface area contributed by atoms with E-state index in [0.29, 0.717) is 24.3 Å². The Labute approximate surface area is 161 Å². The van der Waals surface area contributed by atoms with Gasteiger partial charge in [0.15, 0.2) is 6.61 Å². The largest absolute Gasteiger partial charge is 0.452 e. The SMILES string of the molecule is C=CCNC(=O)COC(=O)c1cn(Cc2ccccc2)nc1-c1cccs1. The third kappa shape index (κ3) is 4.92. The van der Waals surface area contributed by atoms with Gasteiger partial charge in [-0.15, -0.1) is 17.9 Å². The van der Waals surface area contributed by atoms with Crippen LogP contribution in [0.4, 0.5) is 0 Å². The highest BCUT2D eigenvalue weighted by molar-refractivity contribution is 7.13. The van der Waals surface area contributed by atoms with Gasteiger partial charge in [-0.25, -0.2) is 4.79 Å². The Morgan fingerprint density at radius 1 is 1.22 bits per heavy atom. The van der Waals surface area contributed by atoms with Crippen molar-refractivity contribution in [2.75, 3.05) is 13.2 Å². The molecule has 0 atom stereocenters. The lowest BCUT2D eigenvalue weighted by atomic mass is 10.2. The van der Waals surface area contributed by atoms with Crippen LogP contribution in [0.15, 0.2) is 66.7 Å². The molecule has 1 amide bonds. The fraction of sp³-hybridized carbons (Fsp3) is 0.150. The van der Waals surface area contributed by atoms with Crippen LogP contribution < -0.4 is 5.32 Å². The number of nitrogens with zero attached hydrogens (tertiary/aromatic N) is 2. The van der Waals surface area contributed by atoms with Crippen LogP contribution in [-0.4, -0.2) is 34.8 Å². The zero-order valence-electron chi connectivity index (χ0n) is 14.6. The number of nitrogens with one attached hydrogen (secondary N) is 1. The van der Waals surface area contributed by atoms with E-state index in [1.165, 1.54) is 11.3 Å². The first-order chi connectivity index (χ1) is 13.2. The summed E-state index contributed by atoms with van der Waals surface area (Å²) in [5, 5.41) is 9.04. The summed E-state index contributed by atoms with van der Waals surface area (Å²) >= 11 is 1.49. The van der Waals surface area contributed by atoms with Gasteiger partial charge in [-0.2, -0.15) is 5.10 Å². The average Bonchev–Trinajstić information content (AvgIpc) is 3.35. The quantitative estimate of drug-likeness (QED) is 0.481. The van der Waals surface area contributed by atoms with Crippen molar-refractivity contribution >= 4 is 23.2 Å². The van der Waals surface area contributed by atoms with Gasteiger partial charge < -0.3 is 10.1 Å². The zero-order chi connectivity index (χ0) is 19.1. The van der Waals surface area contributed by atoms with Crippen molar-refractivity contribution in [2.45, 2.75) is 6.54 Å². The van der Waals surface area contributed by atoms with Crippen molar-refractivity contribution in [3.05, 3.63) is 77.8 Å². The number of hydrogen-bond acceptors (Lipinski definition) is 5. The molecule has 27 heavy (non-hydrogen) atoms. The Morgan fingerprint density at radius 2 is 2.04 bits per heavy atom. The minimum absolute atomic E-state index is 0.325. The van der Waals surface area contributed by atoms with Crippen LogP contribution >= 0.6 is 11.3 Å². The molecule has 0 saturated heterocycles. The maximum Gasteiger partial charge on any atom is 0.342 e. The molecule has 1 N–H and O–H groups in total. The van der Waals surface area contributed by atoms with Gasteiger partial charge in [-0.3, -0.25) is 9.48 Å². The lowest BCUT2D eigenvalue weighted by molar-refractivity contribution is -0.124. The molecule has 0 unspecified atom stereocenters. The summed E-state index contributed by atoms with van der Waals surface area (Å²) < 4.78 is 6.86. The number of aromatic nitrogens is 2. The predicted molar refractivity (Wildman–Crippen MR) is 105 cm³/mol. The summed E-state index contributed by atoms with van der Waals surface area (Å²) in [7, 11) is 0. The molecule has 3 aromatic rings. The van der Waals surface area contributed by atoms with Crippen LogP contribution in [0.5, 0.6) is 0 Å². The molecule has 0 aliphatic heterocycles. The molecule has 0 spiro atoms. The molecule has 7 heteroatoms. The van der Waals surface area contributed by atoms with Crippen LogP contribution in [-0.2, 0) is 16.1 Å². The van der Waals surface area contributed by atoms with Gasteiger partial charge in [0.2, 0.25) is 0 Å². The molecule has 0 radical (unpaired) electrons. The lowest BCUT2D eigenvalue weighted by Gasteiger charge is -2.04.